The Morgan fingerprint density at radius 2 is 1.61 bits per heavy atom. The molecule has 0 saturated carbocycles. The number of sulfonamides is 1. The van der Waals surface area contributed by atoms with Crippen molar-refractivity contribution in [2.24, 2.45) is 0 Å². The summed E-state index contributed by atoms with van der Waals surface area (Å²) in [7, 11) is -1.95. The second kappa shape index (κ2) is 8.58. The number of anilines is 2. The molecule has 0 bridgehead atoms. The lowest BCUT2D eigenvalue weighted by Crippen LogP contribution is -2.51. The molecule has 0 unspecified atom stereocenters. The molecule has 2 saturated heterocycles. The van der Waals surface area contributed by atoms with Crippen LogP contribution in [0.25, 0.3) is 0 Å². The SMILES string of the molecule is Cc1nc(N2CCOCC2)cc(N2CCN(C(=O)CN(C)S(C)(=O)=O)CC2)n1. The smallest absolute Gasteiger partial charge is 0.238 e. The number of carbonyl (C=O) groups is 1. The fourth-order valence-corrected chi connectivity index (χ4v) is 3.59. The first-order valence-electron chi connectivity index (χ1n) is 9.36. The predicted octanol–water partition coefficient (Wildman–Crippen LogP) is -0.838. The van der Waals surface area contributed by atoms with Gasteiger partial charge < -0.3 is 19.4 Å². The summed E-state index contributed by atoms with van der Waals surface area (Å²) in [6.45, 7) is 7.13. The van der Waals surface area contributed by atoms with Gasteiger partial charge in [0.2, 0.25) is 15.9 Å². The Kier molecular flexibility index (Phi) is 6.36. The monoisotopic (exact) mass is 412 g/mol. The molecule has 0 aromatic carbocycles. The van der Waals surface area contributed by atoms with Crippen LogP contribution in [0, 0.1) is 6.92 Å². The van der Waals surface area contributed by atoms with Crippen LogP contribution in [0.1, 0.15) is 5.82 Å². The molecule has 3 heterocycles. The zero-order chi connectivity index (χ0) is 20.3. The van der Waals surface area contributed by atoms with E-state index >= 15 is 0 Å². The van der Waals surface area contributed by atoms with Crippen LogP contribution in [0.4, 0.5) is 11.6 Å². The minimum atomic E-state index is -3.37. The first kappa shape index (κ1) is 20.7. The maximum atomic E-state index is 12.4. The van der Waals surface area contributed by atoms with Crippen LogP contribution in [0.15, 0.2) is 6.07 Å². The van der Waals surface area contributed by atoms with Crippen molar-refractivity contribution >= 4 is 27.6 Å². The minimum Gasteiger partial charge on any atom is -0.378 e. The summed E-state index contributed by atoms with van der Waals surface area (Å²) in [6, 6.07) is 1.99. The van der Waals surface area contributed by atoms with E-state index in [2.05, 4.69) is 19.8 Å². The lowest BCUT2D eigenvalue weighted by molar-refractivity contribution is -0.131. The summed E-state index contributed by atoms with van der Waals surface area (Å²) in [5.41, 5.74) is 0. The number of nitrogens with zero attached hydrogens (tertiary/aromatic N) is 6. The highest BCUT2D eigenvalue weighted by atomic mass is 32.2. The Morgan fingerprint density at radius 1 is 1.07 bits per heavy atom. The van der Waals surface area contributed by atoms with Crippen LogP contribution in [0.3, 0.4) is 0 Å². The highest BCUT2D eigenvalue weighted by molar-refractivity contribution is 7.88. The maximum absolute atomic E-state index is 12.4. The van der Waals surface area contributed by atoms with E-state index in [1.54, 1.807) is 4.90 Å². The molecule has 0 atom stereocenters. The molecule has 2 aliphatic rings. The van der Waals surface area contributed by atoms with Crippen molar-refractivity contribution in [2.75, 3.05) is 82.1 Å². The third-order valence-electron chi connectivity index (χ3n) is 5.03. The summed E-state index contributed by atoms with van der Waals surface area (Å²) in [5.74, 6) is 2.29. The van der Waals surface area contributed by atoms with Crippen molar-refractivity contribution in [2.45, 2.75) is 6.92 Å². The average Bonchev–Trinajstić information content (AvgIpc) is 2.67. The number of morpholine rings is 1. The Hall–Kier alpha value is -1.98. The quantitative estimate of drug-likeness (QED) is 0.617. The Balaban J connectivity index is 1.61. The summed E-state index contributed by atoms with van der Waals surface area (Å²) < 4.78 is 29.5. The highest BCUT2D eigenvalue weighted by Gasteiger charge is 2.25. The summed E-state index contributed by atoms with van der Waals surface area (Å²) in [6.07, 6.45) is 1.10. The molecule has 0 aliphatic carbocycles. The van der Waals surface area contributed by atoms with Gasteiger partial charge in [0, 0.05) is 52.4 Å². The Bertz CT molecular complexity index is 804. The van der Waals surface area contributed by atoms with Crippen molar-refractivity contribution in [3.05, 3.63) is 11.9 Å². The molecule has 156 valence electrons. The van der Waals surface area contributed by atoms with E-state index in [0.717, 1.165) is 35.3 Å². The topological polar surface area (TPSA) is 99.2 Å². The third-order valence-corrected chi connectivity index (χ3v) is 6.29. The van der Waals surface area contributed by atoms with E-state index in [0.29, 0.717) is 45.2 Å². The zero-order valence-corrected chi connectivity index (χ0v) is 17.5. The molecule has 3 rings (SSSR count). The number of piperazine rings is 1. The van der Waals surface area contributed by atoms with Gasteiger partial charge in [0.15, 0.2) is 0 Å². The summed E-state index contributed by atoms with van der Waals surface area (Å²) >= 11 is 0. The van der Waals surface area contributed by atoms with Crippen LogP contribution < -0.4 is 9.80 Å². The zero-order valence-electron chi connectivity index (χ0n) is 16.7. The fourth-order valence-electron chi connectivity index (χ4n) is 3.25. The molecule has 1 aromatic rings. The summed E-state index contributed by atoms with van der Waals surface area (Å²) in [4.78, 5) is 27.5. The van der Waals surface area contributed by atoms with E-state index in [9.17, 15) is 13.2 Å². The van der Waals surface area contributed by atoms with Gasteiger partial charge in [-0.3, -0.25) is 4.79 Å². The van der Waals surface area contributed by atoms with Crippen molar-refractivity contribution in [3.8, 4) is 0 Å². The van der Waals surface area contributed by atoms with Gasteiger partial charge in [0.25, 0.3) is 0 Å². The first-order chi connectivity index (χ1) is 13.2. The maximum Gasteiger partial charge on any atom is 0.238 e. The van der Waals surface area contributed by atoms with Crippen LogP contribution in [0.5, 0.6) is 0 Å². The Labute approximate surface area is 166 Å². The fraction of sp³-hybridized carbons (Fsp3) is 0.706. The highest BCUT2D eigenvalue weighted by Crippen LogP contribution is 2.21. The molecule has 28 heavy (non-hydrogen) atoms. The lowest BCUT2D eigenvalue weighted by atomic mass is 10.3. The second-order valence-electron chi connectivity index (χ2n) is 7.12. The third kappa shape index (κ3) is 5.09. The van der Waals surface area contributed by atoms with E-state index < -0.39 is 10.0 Å². The van der Waals surface area contributed by atoms with Crippen molar-refractivity contribution in [1.29, 1.82) is 0 Å². The number of carbonyl (C=O) groups excluding carboxylic acids is 1. The number of aromatic nitrogens is 2. The number of rotatable bonds is 5. The van der Waals surface area contributed by atoms with Gasteiger partial charge in [-0.15, -0.1) is 0 Å². The van der Waals surface area contributed by atoms with Gasteiger partial charge in [0.05, 0.1) is 26.0 Å². The van der Waals surface area contributed by atoms with Gasteiger partial charge in [-0.05, 0) is 6.92 Å². The van der Waals surface area contributed by atoms with Crippen molar-refractivity contribution < 1.29 is 17.9 Å². The van der Waals surface area contributed by atoms with Crippen LogP contribution in [0.2, 0.25) is 0 Å². The van der Waals surface area contributed by atoms with Crippen molar-refractivity contribution in [1.82, 2.24) is 19.2 Å². The molecule has 2 fully saturated rings. The molecular formula is C17H28N6O4S. The van der Waals surface area contributed by atoms with Gasteiger partial charge in [-0.2, -0.15) is 4.31 Å². The van der Waals surface area contributed by atoms with Gasteiger partial charge >= 0.3 is 0 Å². The number of likely N-dealkylation sites (N-methyl/N-ethyl adjacent to an activating group) is 1. The van der Waals surface area contributed by atoms with Crippen molar-refractivity contribution in [3.63, 3.8) is 0 Å². The van der Waals surface area contributed by atoms with Gasteiger partial charge in [-0.1, -0.05) is 0 Å². The van der Waals surface area contributed by atoms with E-state index in [1.807, 2.05) is 13.0 Å². The second-order valence-corrected chi connectivity index (χ2v) is 9.21. The average molecular weight is 413 g/mol. The molecule has 0 spiro atoms. The lowest BCUT2D eigenvalue weighted by Gasteiger charge is -2.36. The number of hydrogen-bond acceptors (Lipinski definition) is 8. The number of hydrogen-bond donors (Lipinski definition) is 0. The number of ether oxygens (including phenoxy) is 1. The number of amides is 1. The largest absolute Gasteiger partial charge is 0.378 e. The molecule has 1 amide bonds. The van der Waals surface area contributed by atoms with Crippen LogP contribution >= 0.6 is 0 Å². The molecule has 2 aliphatic heterocycles. The first-order valence-corrected chi connectivity index (χ1v) is 11.2. The molecule has 10 nitrogen and oxygen atoms in total. The molecule has 11 heteroatoms. The minimum absolute atomic E-state index is 0.132. The number of aryl methyl sites for hydroxylation is 1. The normalized spacial score (nSPS) is 18.6. The molecule has 1 aromatic heterocycles. The standard InChI is InChI=1S/C17H28N6O4S/c1-14-18-15(12-16(19-14)22-8-10-27-11-9-22)21-4-6-23(7-5-21)17(24)13-20(2)28(3,25)26/h12H,4-11,13H2,1-3H3. The Morgan fingerprint density at radius 3 is 2.14 bits per heavy atom. The predicted molar refractivity (Wildman–Crippen MR) is 106 cm³/mol. The molecular weight excluding hydrogens is 384 g/mol. The summed E-state index contributed by atoms with van der Waals surface area (Å²) in [5, 5.41) is 0. The van der Waals surface area contributed by atoms with E-state index in [-0.39, 0.29) is 12.5 Å². The molecule has 0 radical (unpaired) electrons. The van der Waals surface area contributed by atoms with E-state index in [4.69, 9.17) is 4.74 Å². The van der Waals surface area contributed by atoms with E-state index in [1.165, 1.54) is 7.05 Å². The van der Waals surface area contributed by atoms with Crippen LogP contribution in [-0.4, -0.2) is 106 Å². The van der Waals surface area contributed by atoms with Gasteiger partial charge in [-0.25, -0.2) is 18.4 Å². The van der Waals surface area contributed by atoms with Gasteiger partial charge in [0.1, 0.15) is 17.5 Å². The van der Waals surface area contributed by atoms with Crippen LogP contribution in [-0.2, 0) is 19.6 Å². The molecule has 0 N–H and O–H groups in total.